The van der Waals surface area contributed by atoms with Crippen LogP contribution in [0.2, 0.25) is 0 Å². The van der Waals surface area contributed by atoms with Crippen molar-refractivity contribution in [2.75, 3.05) is 18.5 Å². The molecule has 0 saturated heterocycles. The Morgan fingerprint density at radius 2 is 1.73 bits per heavy atom. The normalized spacial score (nSPS) is 11.6. The number of benzene rings is 2. The van der Waals surface area contributed by atoms with E-state index in [-0.39, 0.29) is 12.0 Å². The predicted molar refractivity (Wildman–Crippen MR) is 130 cm³/mol. The van der Waals surface area contributed by atoms with Crippen molar-refractivity contribution in [3.05, 3.63) is 77.6 Å². The maximum absolute atomic E-state index is 12.8. The summed E-state index contributed by atoms with van der Waals surface area (Å²) in [6.45, 7) is 9.21. The van der Waals surface area contributed by atoms with Gasteiger partial charge in [-0.3, -0.25) is 9.78 Å². The number of ether oxygens (including phenoxy) is 3. The number of hydrogen-bond acceptors (Lipinski definition) is 5. The molecule has 0 fully saturated rings. The van der Waals surface area contributed by atoms with Crippen LogP contribution in [0.5, 0.6) is 17.2 Å². The van der Waals surface area contributed by atoms with Gasteiger partial charge in [0, 0.05) is 24.4 Å². The van der Waals surface area contributed by atoms with Crippen LogP contribution in [0.1, 0.15) is 48.9 Å². The minimum Gasteiger partial charge on any atom is -0.490 e. The minimum atomic E-state index is -0.197. The average Bonchev–Trinajstić information content (AvgIpc) is 2.80. The van der Waals surface area contributed by atoms with Crippen molar-refractivity contribution in [1.82, 2.24) is 4.98 Å². The zero-order valence-corrected chi connectivity index (χ0v) is 19.8. The quantitative estimate of drug-likeness (QED) is 0.379. The van der Waals surface area contributed by atoms with Gasteiger partial charge in [0.1, 0.15) is 5.75 Å². The van der Waals surface area contributed by atoms with Gasteiger partial charge in [0.25, 0.3) is 5.91 Å². The standard InChI is InChI=1S/C27H32N2O4/c1-5-17-32-19(3)18-22-13-16-24(20(4)28-22)27(30)29-21-11-14-23(15-12-21)33-26-10-8-7-9-25(26)31-6-2/h7-16,19H,5-6,17-18H2,1-4H3,(H,29,30). The van der Waals surface area contributed by atoms with E-state index in [2.05, 4.69) is 17.2 Å². The molecule has 1 atom stereocenters. The predicted octanol–water partition coefficient (Wildman–Crippen LogP) is 6.19. The number of carbonyl (C=O) groups is 1. The highest BCUT2D eigenvalue weighted by Crippen LogP contribution is 2.31. The first kappa shape index (κ1) is 24.3. The Labute approximate surface area is 195 Å². The van der Waals surface area contributed by atoms with Gasteiger partial charge < -0.3 is 19.5 Å². The molecule has 0 spiro atoms. The first-order valence-corrected chi connectivity index (χ1v) is 11.4. The van der Waals surface area contributed by atoms with E-state index < -0.39 is 0 Å². The molecular formula is C27H32N2O4. The molecule has 0 aliphatic rings. The number of hydrogen-bond donors (Lipinski definition) is 1. The number of anilines is 1. The van der Waals surface area contributed by atoms with Crippen LogP contribution in [0, 0.1) is 6.92 Å². The lowest BCUT2D eigenvalue weighted by Gasteiger charge is -2.14. The van der Waals surface area contributed by atoms with Crippen molar-refractivity contribution in [2.45, 2.75) is 46.6 Å². The molecule has 3 aromatic rings. The van der Waals surface area contributed by atoms with E-state index in [0.29, 0.717) is 40.8 Å². The molecule has 3 rings (SSSR count). The van der Waals surface area contributed by atoms with Crippen LogP contribution in [0.25, 0.3) is 0 Å². The number of para-hydroxylation sites is 2. The maximum Gasteiger partial charge on any atom is 0.257 e. The monoisotopic (exact) mass is 448 g/mol. The van der Waals surface area contributed by atoms with Crippen molar-refractivity contribution in [2.24, 2.45) is 0 Å². The Balaban J connectivity index is 1.61. The second-order valence-electron chi connectivity index (χ2n) is 7.78. The Morgan fingerprint density at radius 3 is 2.39 bits per heavy atom. The summed E-state index contributed by atoms with van der Waals surface area (Å²) in [4.78, 5) is 17.4. The molecular weight excluding hydrogens is 416 g/mol. The fraction of sp³-hybridized carbons (Fsp3) is 0.333. The second kappa shape index (κ2) is 12.0. The molecule has 1 unspecified atom stereocenters. The molecule has 1 amide bonds. The van der Waals surface area contributed by atoms with Gasteiger partial charge in [-0.25, -0.2) is 0 Å². The van der Waals surface area contributed by atoms with Gasteiger partial charge in [-0.05, 0) is 75.7 Å². The lowest BCUT2D eigenvalue weighted by Crippen LogP contribution is -2.16. The molecule has 0 aliphatic heterocycles. The van der Waals surface area contributed by atoms with Gasteiger partial charge in [-0.1, -0.05) is 19.1 Å². The first-order chi connectivity index (χ1) is 16.0. The topological polar surface area (TPSA) is 69.7 Å². The third-order valence-electron chi connectivity index (χ3n) is 4.98. The van der Waals surface area contributed by atoms with Crippen molar-refractivity contribution in [3.8, 4) is 17.2 Å². The molecule has 0 radical (unpaired) electrons. The lowest BCUT2D eigenvalue weighted by molar-refractivity contribution is 0.0663. The first-order valence-electron chi connectivity index (χ1n) is 11.4. The third-order valence-corrected chi connectivity index (χ3v) is 4.98. The van der Waals surface area contributed by atoms with Crippen LogP contribution in [0.4, 0.5) is 5.69 Å². The number of pyridine rings is 1. The van der Waals surface area contributed by atoms with Gasteiger partial charge >= 0.3 is 0 Å². The minimum absolute atomic E-state index is 0.0951. The van der Waals surface area contributed by atoms with Crippen molar-refractivity contribution >= 4 is 11.6 Å². The maximum atomic E-state index is 12.8. The van der Waals surface area contributed by atoms with Crippen LogP contribution < -0.4 is 14.8 Å². The van der Waals surface area contributed by atoms with Crippen LogP contribution in [0.15, 0.2) is 60.7 Å². The Hall–Kier alpha value is -3.38. The molecule has 1 N–H and O–H groups in total. The van der Waals surface area contributed by atoms with Crippen LogP contribution >= 0.6 is 0 Å². The molecule has 6 heteroatoms. The van der Waals surface area contributed by atoms with Crippen molar-refractivity contribution < 1.29 is 19.0 Å². The SMILES string of the molecule is CCCOC(C)Cc1ccc(C(=O)Nc2ccc(Oc3ccccc3OCC)cc2)c(C)n1. The number of carbonyl (C=O) groups excluding carboxylic acids is 1. The smallest absolute Gasteiger partial charge is 0.257 e. The fourth-order valence-corrected chi connectivity index (χ4v) is 3.38. The molecule has 2 aromatic carbocycles. The molecule has 0 aliphatic carbocycles. The highest BCUT2D eigenvalue weighted by atomic mass is 16.5. The van der Waals surface area contributed by atoms with Crippen LogP contribution in [0.3, 0.4) is 0 Å². The van der Waals surface area contributed by atoms with Gasteiger partial charge in [-0.2, -0.15) is 0 Å². The summed E-state index contributed by atoms with van der Waals surface area (Å²) in [5.41, 5.74) is 2.84. The number of nitrogens with zero attached hydrogens (tertiary/aromatic N) is 1. The number of nitrogens with one attached hydrogen (secondary N) is 1. The summed E-state index contributed by atoms with van der Waals surface area (Å²) in [6, 6.07) is 18.5. The van der Waals surface area contributed by atoms with Gasteiger partial charge in [0.2, 0.25) is 0 Å². The summed E-state index contributed by atoms with van der Waals surface area (Å²) >= 11 is 0. The fourth-order valence-electron chi connectivity index (χ4n) is 3.38. The summed E-state index contributed by atoms with van der Waals surface area (Å²) in [5, 5.41) is 2.93. The lowest BCUT2D eigenvalue weighted by atomic mass is 10.1. The highest BCUT2D eigenvalue weighted by molar-refractivity contribution is 6.05. The van der Waals surface area contributed by atoms with E-state index in [1.807, 2.05) is 69.3 Å². The Morgan fingerprint density at radius 1 is 1.00 bits per heavy atom. The Bertz CT molecular complexity index is 1050. The summed E-state index contributed by atoms with van der Waals surface area (Å²) in [6.07, 6.45) is 1.80. The number of aryl methyl sites for hydroxylation is 1. The van der Waals surface area contributed by atoms with Gasteiger partial charge in [0.15, 0.2) is 11.5 Å². The summed E-state index contributed by atoms with van der Waals surface area (Å²) < 4.78 is 17.3. The second-order valence-corrected chi connectivity index (χ2v) is 7.78. The van der Waals surface area contributed by atoms with E-state index >= 15 is 0 Å². The number of aromatic nitrogens is 1. The third kappa shape index (κ3) is 7.05. The highest BCUT2D eigenvalue weighted by Gasteiger charge is 2.13. The summed E-state index contributed by atoms with van der Waals surface area (Å²) in [7, 11) is 0. The molecule has 33 heavy (non-hydrogen) atoms. The average molecular weight is 449 g/mol. The molecule has 174 valence electrons. The van der Waals surface area contributed by atoms with Crippen molar-refractivity contribution in [3.63, 3.8) is 0 Å². The summed E-state index contributed by atoms with van der Waals surface area (Å²) in [5.74, 6) is 1.79. The van der Waals surface area contributed by atoms with Crippen LogP contribution in [-0.2, 0) is 11.2 Å². The van der Waals surface area contributed by atoms with E-state index in [4.69, 9.17) is 14.2 Å². The molecule has 1 heterocycles. The van der Waals surface area contributed by atoms with Gasteiger partial charge in [-0.15, -0.1) is 0 Å². The van der Waals surface area contributed by atoms with E-state index in [0.717, 1.165) is 25.1 Å². The largest absolute Gasteiger partial charge is 0.490 e. The van der Waals surface area contributed by atoms with E-state index in [9.17, 15) is 4.79 Å². The zero-order valence-electron chi connectivity index (χ0n) is 19.8. The van der Waals surface area contributed by atoms with E-state index in [1.165, 1.54) is 0 Å². The molecule has 1 aromatic heterocycles. The van der Waals surface area contributed by atoms with Crippen molar-refractivity contribution in [1.29, 1.82) is 0 Å². The number of rotatable bonds is 11. The Kier molecular flexibility index (Phi) is 8.84. The van der Waals surface area contributed by atoms with Gasteiger partial charge in [0.05, 0.1) is 24.0 Å². The molecule has 0 saturated carbocycles. The zero-order chi connectivity index (χ0) is 23.6. The van der Waals surface area contributed by atoms with E-state index in [1.54, 1.807) is 12.1 Å². The van der Waals surface area contributed by atoms with Crippen LogP contribution in [-0.4, -0.2) is 30.2 Å². The molecule has 6 nitrogen and oxygen atoms in total. The molecule has 0 bridgehead atoms. The number of amides is 1.